The SMILES string of the molecule is C[Si](C)(C)C(Cl)(Br)[Si](C)(C)Cl. The van der Waals surface area contributed by atoms with Crippen molar-refractivity contribution in [2.45, 2.75) is 35.8 Å². The van der Waals surface area contributed by atoms with Gasteiger partial charge in [-0.1, -0.05) is 48.7 Å². The summed E-state index contributed by atoms with van der Waals surface area (Å²) in [6, 6.07) is 0. The third-order valence-electron chi connectivity index (χ3n) is 1.69. The van der Waals surface area contributed by atoms with Crippen molar-refractivity contribution in [3.63, 3.8) is 0 Å². The van der Waals surface area contributed by atoms with E-state index in [1.165, 1.54) is 0 Å². The zero-order chi connectivity index (χ0) is 9.50. The Morgan fingerprint density at radius 2 is 1.36 bits per heavy atom. The summed E-state index contributed by atoms with van der Waals surface area (Å²) < 4.78 is -0.297. The van der Waals surface area contributed by atoms with E-state index in [9.17, 15) is 0 Å². The first-order valence-electron chi connectivity index (χ1n) is 3.57. The molecule has 0 amide bonds. The van der Waals surface area contributed by atoms with Gasteiger partial charge in [-0.2, -0.15) is 11.1 Å². The molecule has 11 heavy (non-hydrogen) atoms. The first kappa shape index (κ1) is 12.5. The lowest BCUT2D eigenvalue weighted by Gasteiger charge is -2.40. The maximum atomic E-state index is 6.40. The maximum absolute atomic E-state index is 6.40. The topological polar surface area (TPSA) is 0 Å². The molecule has 0 rings (SSSR count). The molecular formula is C6H15BrCl2Si2. The molecule has 5 heteroatoms. The van der Waals surface area contributed by atoms with Gasteiger partial charge in [0, 0.05) is 0 Å². The number of halogens is 3. The van der Waals surface area contributed by atoms with Crippen molar-refractivity contribution in [2.24, 2.45) is 0 Å². The van der Waals surface area contributed by atoms with Crippen molar-refractivity contribution in [3.05, 3.63) is 0 Å². The highest BCUT2D eigenvalue weighted by Crippen LogP contribution is 2.44. The molecule has 0 radical (unpaired) electrons. The van der Waals surface area contributed by atoms with Crippen LogP contribution < -0.4 is 0 Å². The molecule has 68 valence electrons. The van der Waals surface area contributed by atoms with Gasteiger partial charge >= 0.3 is 0 Å². The van der Waals surface area contributed by atoms with Crippen LogP contribution in [0.4, 0.5) is 0 Å². The zero-order valence-corrected chi connectivity index (χ0v) is 12.7. The van der Waals surface area contributed by atoms with Gasteiger partial charge in [0.15, 0.2) is 7.38 Å². The van der Waals surface area contributed by atoms with E-state index in [0.717, 1.165) is 0 Å². The van der Waals surface area contributed by atoms with Gasteiger partial charge in [-0.3, -0.25) is 0 Å². The van der Waals surface area contributed by atoms with Crippen LogP contribution in [-0.4, -0.2) is 18.5 Å². The van der Waals surface area contributed by atoms with Gasteiger partial charge < -0.3 is 0 Å². The summed E-state index contributed by atoms with van der Waals surface area (Å²) in [5, 5.41) is 0. The van der Waals surface area contributed by atoms with Gasteiger partial charge in [-0.25, -0.2) is 0 Å². The number of alkyl halides is 2. The van der Waals surface area contributed by atoms with Crippen LogP contribution in [0, 0.1) is 0 Å². The standard InChI is InChI=1S/C6H15BrCl2Si2/c1-10(2,3)6(7,8)11(4,5)9/h1-5H3. The van der Waals surface area contributed by atoms with Gasteiger partial charge in [0.25, 0.3) is 0 Å². The minimum absolute atomic E-state index is 0.297. The normalized spacial score (nSPS) is 19.6. The smallest absolute Gasteiger partial charge is 0.165 e. The summed E-state index contributed by atoms with van der Waals surface area (Å²) in [7, 11) is -3.21. The Bertz CT molecular complexity index is 130. The Kier molecular flexibility index (Phi) is 3.78. The van der Waals surface area contributed by atoms with Crippen LogP contribution >= 0.6 is 38.6 Å². The van der Waals surface area contributed by atoms with Crippen LogP contribution in [0.25, 0.3) is 0 Å². The van der Waals surface area contributed by atoms with E-state index >= 15 is 0 Å². The molecule has 0 aliphatic carbocycles. The summed E-state index contributed by atoms with van der Waals surface area (Å²) in [6.45, 7) is 10.8. The number of rotatable bonds is 2. The van der Waals surface area contributed by atoms with Gasteiger partial charge in [0.2, 0.25) is 0 Å². The van der Waals surface area contributed by atoms with Crippen molar-refractivity contribution < 1.29 is 0 Å². The molecule has 0 aliphatic rings. The lowest BCUT2D eigenvalue weighted by atomic mass is 11.7. The van der Waals surface area contributed by atoms with E-state index < -0.39 is 15.5 Å². The summed E-state index contributed by atoms with van der Waals surface area (Å²) in [5.74, 6) is 0. The molecule has 0 saturated carbocycles. The second-order valence-corrected chi connectivity index (χ2v) is 20.9. The fourth-order valence-electron chi connectivity index (χ4n) is 0.892. The molecule has 0 fully saturated rings. The molecule has 0 nitrogen and oxygen atoms in total. The van der Waals surface area contributed by atoms with E-state index in [0.29, 0.717) is 0 Å². The average Bonchev–Trinajstić information content (AvgIpc) is 1.58. The molecule has 0 bridgehead atoms. The average molecular weight is 294 g/mol. The Morgan fingerprint density at radius 1 is 1.09 bits per heavy atom. The van der Waals surface area contributed by atoms with E-state index in [1.807, 2.05) is 0 Å². The highest BCUT2D eigenvalue weighted by molar-refractivity contribution is 9.11. The van der Waals surface area contributed by atoms with E-state index in [1.54, 1.807) is 0 Å². The quantitative estimate of drug-likeness (QED) is 0.407. The van der Waals surface area contributed by atoms with Crippen molar-refractivity contribution in [1.29, 1.82) is 0 Å². The second-order valence-electron chi connectivity index (χ2n) is 4.30. The Labute approximate surface area is 89.5 Å². The first-order valence-corrected chi connectivity index (χ1v) is 12.2. The third-order valence-corrected chi connectivity index (χ3v) is 21.2. The Balaban J connectivity index is 4.75. The van der Waals surface area contributed by atoms with Crippen LogP contribution in [0.1, 0.15) is 0 Å². The first-order chi connectivity index (χ1) is 4.50. The van der Waals surface area contributed by atoms with Crippen LogP contribution in [0.15, 0.2) is 0 Å². The summed E-state index contributed by atoms with van der Waals surface area (Å²) in [4.78, 5) is 0. The predicted molar refractivity (Wildman–Crippen MR) is 64.2 cm³/mol. The Morgan fingerprint density at radius 3 is 1.36 bits per heavy atom. The maximum Gasteiger partial charge on any atom is 0.180 e. The van der Waals surface area contributed by atoms with Crippen LogP contribution in [0.5, 0.6) is 0 Å². The summed E-state index contributed by atoms with van der Waals surface area (Å²) in [6.07, 6.45) is 0. The fourth-order valence-corrected chi connectivity index (χ4v) is 10.6. The predicted octanol–water partition coefficient (Wildman–Crippen LogP) is 4.18. The minimum atomic E-state index is -1.80. The lowest BCUT2D eigenvalue weighted by Crippen LogP contribution is -2.57. The number of hydrogen-bond donors (Lipinski definition) is 0. The molecule has 0 saturated heterocycles. The largest absolute Gasteiger partial charge is 0.180 e. The molecule has 0 spiro atoms. The highest BCUT2D eigenvalue weighted by Gasteiger charge is 2.51. The molecule has 0 N–H and O–H groups in total. The van der Waals surface area contributed by atoms with Crippen molar-refractivity contribution >= 4 is 54.1 Å². The minimum Gasteiger partial charge on any atom is -0.165 e. The molecule has 0 aromatic rings. The molecule has 1 unspecified atom stereocenters. The monoisotopic (exact) mass is 292 g/mol. The van der Waals surface area contributed by atoms with Crippen LogP contribution in [0.3, 0.4) is 0 Å². The zero-order valence-electron chi connectivity index (χ0n) is 7.63. The summed E-state index contributed by atoms with van der Waals surface area (Å²) in [5.41, 5.74) is 0. The van der Waals surface area contributed by atoms with Gasteiger partial charge in [-0.05, 0) is 0 Å². The van der Waals surface area contributed by atoms with Crippen LogP contribution in [0.2, 0.25) is 32.7 Å². The van der Waals surface area contributed by atoms with E-state index in [2.05, 4.69) is 48.7 Å². The fraction of sp³-hybridized carbons (Fsp3) is 1.00. The van der Waals surface area contributed by atoms with Crippen LogP contribution in [-0.2, 0) is 0 Å². The van der Waals surface area contributed by atoms with E-state index in [4.69, 9.17) is 22.7 Å². The van der Waals surface area contributed by atoms with Crippen molar-refractivity contribution in [1.82, 2.24) is 0 Å². The van der Waals surface area contributed by atoms with Crippen molar-refractivity contribution in [3.8, 4) is 0 Å². The molecule has 0 heterocycles. The van der Waals surface area contributed by atoms with Crippen molar-refractivity contribution in [2.75, 3.05) is 0 Å². The molecule has 0 aliphatic heterocycles. The van der Waals surface area contributed by atoms with E-state index in [-0.39, 0.29) is 3.03 Å². The molecule has 1 atom stereocenters. The van der Waals surface area contributed by atoms with Gasteiger partial charge in [0.1, 0.15) is 0 Å². The number of hydrogen-bond acceptors (Lipinski definition) is 0. The summed E-state index contributed by atoms with van der Waals surface area (Å²) >= 11 is 16.3. The molecule has 0 aromatic heterocycles. The highest BCUT2D eigenvalue weighted by atomic mass is 79.9. The Hall–Kier alpha value is 1.49. The van der Waals surface area contributed by atoms with Gasteiger partial charge in [0.05, 0.1) is 11.1 Å². The molecular weight excluding hydrogens is 279 g/mol. The second kappa shape index (κ2) is 3.33. The third kappa shape index (κ3) is 2.73. The molecule has 0 aromatic carbocycles. The lowest BCUT2D eigenvalue weighted by molar-refractivity contribution is 1.45. The van der Waals surface area contributed by atoms with Gasteiger partial charge in [-0.15, -0.1) is 11.6 Å².